The molecular formula is C24H30FN5O2. The number of rotatable bonds is 3. The lowest BCUT2D eigenvalue weighted by Crippen LogP contribution is -2.58. The third kappa shape index (κ3) is 3.70. The third-order valence-corrected chi connectivity index (χ3v) is 7.34. The number of ether oxygens (including phenoxy) is 2. The predicted octanol–water partition coefficient (Wildman–Crippen LogP) is 2.84. The Bertz CT molecular complexity index is 985. The summed E-state index contributed by atoms with van der Waals surface area (Å²) >= 11 is 0. The molecule has 6 rings (SSSR count). The van der Waals surface area contributed by atoms with Gasteiger partial charge in [0.25, 0.3) is 0 Å². The van der Waals surface area contributed by atoms with E-state index in [0.717, 1.165) is 74.7 Å². The van der Waals surface area contributed by atoms with Crippen LogP contribution in [0.15, 0.2) is 24.4 Å². The molecule has 2 N–H and O–H groups in total. The van der Waals surface area contributed by atoms with Gasteiger partial charge in [-0.25, -0.2) is 9.37 Å². The topological polar surface area (TPSA) is 61.9 Å². The zero-order valence-electron chi connectivity index (χ0n) is 18.3. The molecule has 0 amide bonds. The molecule has 7 nitrogen and oxygen atoms in total. The summed E-state index contributed by atoms with van der Waals surface area (Å²) in [7, 11) is 0. The molecule has 0 unspecified atom stereocenters. The summed E-state index contributed by atoms with van der Waals surface area (Å²) in [6, 6.07) is 6.44. The predicted molar refractivity (Wildman–Crippen MR) is 121 cm³/mol. The molecule has 0 bridgehead atoms. The first-order valence-corrected chi connectivity index (χ1v) is 11.7. The van der Waals surface area contributed by atoms with E-state index in [4.69, 9.17) is 9.47 Å². The Balaban J connectivity index is 1.25. The number of nitrogens with zero attached hydrogens (tertiary/aromatic N) is 3. The molecule has 4 aliphatic heterocycles. The van der Waals surface area contributed by atoms with Crippen molar-refractivity contribution < 1.29 is 13.9 Å². The Kier molecular flexibility index (Phi) is 5.37. The molecule has 1 aromatic carbocycles. The molecule has 0 saturated carbocycles. The molecule has 3 fully saturated rings. The summed E-state index contributed by atoms with van der Waals surface area (Å²) < 4.78 is 26.7. The fraction of sp³-hybridized carbons (Fsp3) is 0.542. The maximum Gasteiger partial charge on any atom is 0.178 e. The van der Waals surface area contributed by atoms with Gasteiger partial charge in [0.15, 0.2) is 11.6 Å². The summed E-state index contributed by atoms with van der Waals surface area (Å²) in [6.45, 7) is 7.71. The zero-order valence-corrected chi connectivity index (χ0v) is 18.3. The fourth-order valence-electron chi connectivity index (χ4n) is 5.32. The van der Waals surface area contributed by atoms with Gasteiger partial charge in [-0.1, -0.05) is 0 Å². The normalized spacial score (nSPS) is 22.2. The first kappa shape index (κ1) is 20.2. The molecule has 8 heteroatoms. The van der Waals surface area contributed by atoms with Crippen LogP contribution in [0.5, 0.6) is 5.75 Å². The van der Waals surface area contributed by atoms with Gasteiger partial charge < -0.3 is 25.0 Å². The lowest BCUT2D eigenvalue weighted by atomic mass is 9.88. The number of anilines is 3. The number of likely N-dealkylation sites (tertiary alicyclic amines) is 1. The number of pyridine rings is 1. The largest absolute Gasteiger partial charge is 0.483 e. The Morgan fingerprint density at radius 3 is 2.62 bits per heavy atom. The van der Waals surface area contributed by atoms with Crippen molar-refractivity contribution in [3.05, 3.63) is 41.3 Å². The average molecular weight is 440 g/mol. The van der Waals surface area contributed by atoms with Crippen molar-refractivity contribution in [1.82, 2.24) is 15.2 Å². The van der Waals surface area contributed by atoms with Gasteiger partial charge in [0.05, 0.1) is 24.5 Å². The molecule has 4 aliphatic rings. The molecule has 3 saturated heterocycles. The van der Waals surface area contributed by atoms with Crippen molar-refractivity contribution >= 4 is 17.2 Å². The summed E-state index contributed by atoms with van der Waals surface area (Å²) in [4.78, 5) is 9.43. The number of aromatic nitrogens is 1. The first-order valence-electron chi connectivity index (χ1n) is 11.7. The van der Waals surface area contributed by atoms with E-state index >= 15 is 4.39 Å². The van der Waals surface area contributed by atoms with Gasteiger partial charge in [-0.3, -0.25) is 4.90 Å². The number of hydrogen-bond acceptors (Lipinski definition) is 7. The van der Waals surface area contributed by atoms with Crippen LogP contribution in [0.4, 0.5) is 21.6 Å². The second-order valence-corrected chi connectivity index (χ2v) is 9.17. The van der Waals surface area contributed by atoms with E-state index in [0.29, 0.717) is 37.5 Å². The maximum atomic E-state index is 15.2. The minimum Gasteiger partial charge on any atom is -0.483 e. The molecule has 5 heterocycles. The number of fused-ring (bicyclic) bond motifs is 2. The summed E-state index contributed by atoms with van der Waals surface area (Å²) in [5, 5.41) is 6.75. The Labute approximate surface area is 187 Å². The van der Waals surface area contributed by atoms with Crippen molar-refractivity contribution in [2.75, 3.05) is 62.7 Å². The smallest absolute Gasteiger partial charge is 0.178 e. The molecule has 0 aliphatic carbocycles. The van der Waals surface area contributed by atoms with Crippen LogP contribution < -0.4 is 20.3 Å². The lowest BCUT2D eigenvalue weighted by Gasteiger charge is -2.42. The minimum absolute atomic E-state index is 0.289. The molecule has 2 aromatic rings. The van der Waals surface area contributed by atoms with Crippen molar-refractivity contribution in [2.24, 2.45) is 0 Å². The number of hydrogen-bond donors (Lipinski definition) is 2. The van der Waals surface area contributed by atoms with Crippen molar-refractivity contribution in [3.63, 3.8) is 0 Å². The van der Waals surface area contributed by atoms with E-state index in [2.05, 4.69) is 31.5 Å². The van der Waals surface area contributed by atoms with Crippen LogP contribution >= 0.6 is 0 Å². The van der Waals surface area contributed by atoms with E-state index in [9.17, 15) is 0 Å². The number of morpholine rings is 1. The van der Waals surface area contributed by atoms with Gasteiger partial charge in [0.2, 0.25) is 0 Å². The maximum absolute atomic E-state index is 15.2. The summed E-state index contributed by atoms with van der Waals surface area (Å²) in [5.41, 5.74) is 3.78. The van der Waals surface area contributed by atoms with E-state index in [1.807, 2.05) is 12.3 Å². The van der Waals surface area contributed by atoms with Crippen LogP contribution in [0.1, 0.15) is 29.9 Å². The van der Waals surface area contributed by atoms with Gasteiger partial charge >= 0.3 is 0 Å². The highest BCUT2D eigenvalue weighted by Gasteiger charge is 2.30. The monoisotopic (exact) mass is 439 g/mol. The first-order chi connectivity index (χ1) is 15.8. The van der Waals surface area contributed by atoms with Crippen LogP contribution in [0.2, 0.25) is 0 Å². The molecule has 0 spiro atoms. The molecular weight excluding hydrogens is 409 g/mol. The van der Waals surface area contributed by atoms with Crippen molar-refractivity contribution in [1.29, 1.82) is 0 Å². The average Bonchev–Trinajstić information content (AvgIpc) is 2.98. The Morgan fingerprint density at radius 2 is 1.88 bits per heavy atom. The fourth-order valence-corrected chi connectivity index (χ4v) is 5.32. The Hall–Kier alpha value is -2.42. The SMILES string of the molecule is Fc1cc(C2CCN(C3CNC3)CC2)cc2c1OCc1c(N3CCOCC3)ccnc1N2. The summed E-state index contributed by atoms with van der Waals surface area (Å²) in [5.74, 6) is 1.11. The van der Waals surface area contributed by atoms with Gasteiger partial charge in [-0.15, -0.1) is 0 Å². The van der Waals surface area contributed by atoms with Gasteiger partial charge in [0.1, 0.15) is 12.4 Å². The number of nitrogens with one attached hydrogen (secondary N) is 2. The third-order valence-electron chi connectivity index (χ3n) is 7.34. The molecule has 1 aromatic heterocycles. The lowest BCUT2D eigenvalue weighted by molar-refractivity contribution is 0.113. The van der Waals surface area contributed by atoms with Crippen LogP contribution in [-0.2, 0) is 11.3 Å². The van der Waals surface area contributed by atoms with Gasteiger partial charge in [0, 0.05) is 44.1 Å². The number of benzene rings is 1. The van der Waals surface area contributed by atoms with Gasteiger partial charge in [-0.2, -0.15) is 0 Å². The highest BCUT2D eigenvalue weighted by atomic mass is 19.1. The van der Waals surface area contributed by atoms with Crippen molar-refractivity contribution in [2.45, 2.75) is 31.4 Å². The second-order valence-electron chi connectivity index (χ2n) is 9.17. The highest BCUT2D eigenvalue weighted by Crippen LogP contribution is 2.41. The molecule has 0 radical (unpaired) electrons. The van der Waals surface area contributed by atoms with Crippen LogP contribution in [-0.4, -0.2) is 68.4 Å². The summed E-state index contributed by atoms with van der Waals surface area (Å²) in [6.07, 6.45) is 3.93. The van der Waals surface area contributed by atoms with Crippen LogP contribution in [0, 0.1) is 5.82 Å². The van der Waals surface area contributed by atoms with E-state index < -0.39 is 0 Å². The van der Waals surface area contributed by atoms with Gasteiger partial charge in [-0.05, 0) is 55.6 Å². The minimum atomic E-state index is -0.295. The number of halogens is 1. The van der Waals surface area contributed by atoms with Crippen LogP contribution in [0.25, 0.3) is 0 Å². The molecule has 0 atom stereocenters. The van der Waals surface area contributed by atoms with Crippen molar-refractivity contribution in [3.8, 4) is 5.75 Å². The molecule has 170 valence electrons. The van der Waals surface area contributed by atoms with E-state index in [1.54, 1.807) is 6.07 Å². The number of piperidine rings is 1. The van der Waals surface area contributed by atoms with E-state index in [1.165, 1.54) is 0 Å². The highest BCUT2D eigenvalue weighted by molar-refractivity contribution is 5.73. The van der Waals surface area contributed by atoms with Crippen LogP contribution in [0.3, 0.4) is 0 Å². The van der Waals surface area contributed by atoms with E-state index in [-0.39, 0.29) is 11.6 Å². The Morgan fingerprint density at radius 1 is 1.06 bits per heavy atom. The molecule has 32 heavy (non-hydrogen) atoms. The quantitative estimate of drug-likeness (QED) is 0.763. The zero-order chi connectivity index (χ0) is 21.5. The standard InChI is InChI=1S/C24H30FN5O2/c25-20-11-17(16-2-5-29(6-3-16)18-13-26-14-18)12-21-23(20)32-15-19-22(1-4-27-24(19)28-21)30-7-9-31-10-8-30/h1,4,11-12,16,18,26H,2-3,5-10,13-15H2,(H,27,28). The second kappa shape index (κ2) is 8.50.